The number of carbonyl (C=O) groups is 2. The van der Waals surface area contributed by atoms with E-state index in [9.17, 15) is 9.59 Å². The van der Waals surface area contributed by atoms with E-state index in [-0.39, 0.29) is 18.2 Å². The van der Waals surface area contributed by atoms with Gasteiger partial charge in [0, 0.05) is 24.1 Å². The first-order valence-electron chi connectivity index (χ1n) is 9.54. The molecule has 29 heavy (non-hydrogen) atoms. The molecule has 2 rings (SSSR count). The number of ether oxygens (including phenoxy) is 1. The van der Waals surface area contributed by atoms with Crippen molar-refractivity contribution in [3.05, 3.63) is 59.7 Å². The average Bonchev–Trinajstić information content (AvgIpc) is 2.67. The second kappa shape index (κ2) is 10.3. The van der Waals surface area contributed by atoms with Crippen LogP contribution in [0.15, 0.2) is 48.5 Å². The molecule has 0 fully saturated rings. The molecule has 0 spiro atoms. The molecular formula is C23H27N3O3. The highest BCUT2D eigenvalue weighted by Crippen LogP contribution is 2.17. The topological polar surface area (TPSA) is 91.2 Å². The van der Waals surface area contributed by atoms with Gasteiger partial charge >= 0.3 is 0 Å². The first kappa shape index (κ1) is 22.0. The molecule has 152 valence electrons. The van der Waals surface area contributed by atoms with Gasteiger partial charge in [-0.15, -0.1) is 0 Å². The lowest BCUT2D eigenvalue weighted by Crippen LogP contribution is -2.36. The van der Waals surface area contributed by atoms with Crippen LogP contribution in [0, 0.1) is 16.7 Å². The van der Waals surface area contributed by atoms with E-state index >= 15 is 0 Å². The third-order valence-corrected chi connectivity index (χ3v) is 4.14. The molecule has 6 heteroatoms. The van der Waals surface area contributed by atoms with Crippen LogP contribution in [0.5, 0.6) is 5.75 Å². The van der Waals surface area contributed by atoms with E-state index in [2.05, 4.69) is 16.7 Å². The van der Waals surface area contributed by atoms with Gasteiger partial charge in [0.05, 0.1) is 12.5 Å². The molecule has 2 N–H and O–H groups in total. The second-order valence-corrected chi connectivity index (χ2v) is 7.77. The van der Waals surface area contributed by atoms with Crippen molar-refractivity contribution >= 4 is 17.5 Å². The first-order chi connectivity index (χ1) is 13.8. The summed E-state index contributed by atoms with van der Waals surface area (Å²) in [6, 6.07) is 17.0. The molecule has 0 atom stereocenters. The van der Waals surface area contributed by atoms with Crippen LogP contribution in [0.1, 0.15) is 38.3 Å². The highest BCUT2D eigenvalue weighted by atomic mass is 16.5. The molecule has 0 aliphatic rings. The Labute approximate surface area is 171 Å². The number of hydrogen-bond donors (Lipinski definition) is 2. The maximum Gasteiger partial charge on any atom is 0.226 e. The van der Waals surface area contributed by atoms with Gasteiger partial charge < -0.3 is 15.4 Å². The SMILES string of the molecule is CC(C)(C)C(=O)NCCC(=O)Nc1cccc(COc2ccc(CC#N)cc2)c1. The summed E-state index contributed by atoms with van der Waals surface area (Å²) in [6.07, 6.45) is 0.583. The van der Waals surface area contributed by atoms with Gasteiger partial charge in [-0.2, -0.15) is 5.26 Å². The molecule has 2 amide bonds. The molecule has 6 nitrogen and oxygen atoms in total. The van der Waals surface area contributed by atoms with Gasteiger partial charge in [-0.1, -0.05) is 45.0 Å². The molecule has 2 aromatic carbocycles. The molecule has 0 aliphatic carbocycles. The molecule has 0 bridgehead atoms. The summed E-state index contributed by atoms with van der Waals surface area (Å²) in [4.78, 5) is 23.9. The summed E-state index contributed by atoms with van der Waals surface area (Å²) in [5.74, 6) is 0.478. The molecule has 0 aromatic heterocycles. The number of nitriles is 1. The minimum Gasteiger partial charge on any atom is -0.489 e. The lowest BCUT2D eigenvalue weighted by atomic mass is 9.96. The van der Waals surface area contributed by atoms with Crippen LogP contribution in [0.3, 0.4) is 0 Å². The lowest BCUT2D eigenvalue weighted by molar-refractivity contribution is -0.128. The van der Waals surface area contributed by atoms with Crippen molar-refractivity contribution < 1.29 is 14.3 Å². The van der Waals surface area contributed by atoms with Crippen molar-refractivity contribution in [2.24, 2.45) is 5.41 Å². The van der Waals surface area contributed by atoms with Crippen LogP contribution in [-0.4, -0.2) is 18.4 Å². The number of carbonyl (C=O) groups excluding carboxylic acids is 2. The second-order valence-electron chi connectivity index (χ2n) is 7.77. The Balaban J connectivity index is 1.82. The summed E-state index contributed by atoms with van der Waals surface area (Å²) in [5, 5.41) is 14.3. The normalized spacial score (nSPS) is 10.7. The van der Waals surface area contributed by atoms with Crippen LogP contribution in [0.4, 0.5) is 5.69 Å². The highest BCUT2D eigenvalue weighted by molar-refractivity contribution is 5.91. The van der Waals surface area contributed by atoms with Gasteiger partial charge in [0.2, 0.25) is 11.8 Å². The molecule has 0 aliphatic heterocycles. The van der Waals surface area contributed by atoms with E-state index in [1.54, 1.807) is 0 Å². The fourth-order valence-electron chi connectivity index (χ4n) is 2.48. The zero-order chi connectivity index (χ0) is 21.3. The summed E-state index contributed by atoms with van der Waals surface area (Å²) in [7, 11) is 0. The zero-order valence-electron chi connectivity index (χ0n) is 17.1. The number of anilines is 1. The Hall–Kier alpha value is -3.33. The number of hydrogen-bond acceptors (Lipinski definition) is 4. The summed E-state index contributed by atoms with van der Waals surface area (Å²) in [5.41, 5.74) is 2.08. The van der Waals surface area contributed by atoms with Crippen LogP contribution >= 0.6 is 0 Å². The number of benzene rings is 2. The predicted molar refractivity (Wildman–Crippen MR) is 112 cm³/mol. The maximum atomic E-state index is 12.1. The summed E-state index contributed by atoms with van der Waals surface area (Å²) in [6.45, 7) is 6.15. The van der Waals surface area contributed by atoms with Gasteiger partial charge in [-0.25, -0.2) is 0 Å². The molecule has 0 unspecified atom stereocenters. The Morgan fingerprint density at radius 3 is 2.45 bits per heavy atom. The van der Waals surface area contributed by atoms with Gasteiger partial charge in [0.1, 0.15) is 12.4 Å². The van der Waals surface area contributed by atoms with Crippen molar-refractivity contribution in [1.82, 2.24) is 5.32 Å². The highest BCUT2D eigenvalue weighted by Gasteiger charge is 2.20. The predicted octanol–water partition coefficient (Wildman–Crippen LogP) is 3.82. The summed E-state index contributed by atoms with van der Waals surface area (Å²) < 4.78 is 5.77. The quantitative estimate of drug-likeness (QED) is 0.713. The van der Waals surface area contributed by atoms with E-state index in [0.717, 1.165) is 16.9 Å². The Morgan fingerprint density at radius 2 is 1.79 bits per heavy atom. The van der Waals surface area contributed by atoms with Crippen LogP contribution in [0.25, 0.3) is 0 Å². The van der Waals surface area contributed by atoms with Crippen LogP contribution in [-0.2, 0) is 22.6 Å². The minimum atomic E-state index is -0.471. The monoisotopic (exact) mass is 393 g/mol. The maximum absolute atomic E-state index is 12.1. The van der Waals surface area contributed by atoms with Crippen molar-refractivity contribution in [2.75, 3.05) is 11.9 Å². The van der Waals surface area contributed by atoms with Gasteiger partial charge in [-0.3, -0.25) is 9.59 Å². The standard InChI is InChI=1S/C23H27N3O3/c1-23(2,3)22(28)25-14-12-21(27)26-19-6-4-5-18(15-19)16-29-20-9-7-17(8-10-20)11-13-24/h4-10,15H,11-12,14,16H2,1-3H3,(H,25,28)(H,26,27). The molecule has 2 aromatic rings. The number of nitrogens with one attached hydrogen (secondary N) is 2. The molecule has 0 saturated heterocycles. The van der Waals surface area contributed by atoms with Gasteiger partial charge in [-0.05, 0) is 35.4 Å². The van der Waals surface area contributed by atoms with Crippen molar-refractivity contribution in [3.8, 4) is 11.8 Å². The lowest BCUT2D eigenvalue weighted by Gasteiger charge is -2.17. The van der Waals surface area contributed by atoms with Crippen LogP contribution in [0.2, 0.25) is 0 Å². The fourth-order valence-corrected chi connectivity index (χ4v) is 2.48. The van der Waals surface area contributed by atoms with Crippen LogP contribution < -0.4 is 15.4 Å². The van der Waals surface area contributed by atoms with Gasteiger partial charge in [0.15, 0.2) is 0 Å². The van der Waals surface area contributed by atoms with E-state index < -0.39 is 5.41 Å². The fraction of sp³-hybridized carbons (Fsp3) is 0.348. The molecule has 0 saturated carbocycles. The van der Waals surface area contributed by atoms with Crippen molar-refractivity contribution in [3.63, 3.8) is 0 Å². The minimum absolute atomic E-state index is 0.0786. The van der Waals surface area contributed by atoms with E-state index in [1.165, 1.54) is 0 Å². The van der Waals surface area contributed by atoms with Crippen molar-refractivity contribution in [2.45, 2.75) is 40.2 Å². The largest absolute Gasteiger partial charge is 0.489 e. The molecule has 0 radical (unpaired) electrons. The smallest absolute Gasteiger partial charge is 0.226 e. The molecule has 0 heterocycles. The van der Waals surface area contributed by atoms with Gasteiger partial charge in [0.25, 0.3) is 0 Å². The van der Waals surface area contributed by atoms with E-state index in [0.29, 0.717) is 25.3 Å². The van der Waals surface area contributed by atoms with E-state index in [1.807, 2.05) is 69.3 Å². The molecular weight excluding hydrogens is 366 g/mol. The first-order valence-corrected chi connectivity index (χ1v) is 9.54. The number of amides is 2. The summed E-state index contributed by atoms with van der Waals surface area (Å²) >= 11 is 0. The number of rotatable bonds is 8. The average molecular weight is 393 g/mol. The zero-order valence-corrected chi connectivity index (χ0v) is 17.1. The Kier molecular flexibility index (Phi) is 7.79. The Morgan fingerprint density at radius 1 is 1.07 bits per heavy atom. The third-order valence-electron chi connectivity index (χ3n) is 4.14. The number of nitrogens with zero attached hydrogens (tertiary/aromatic N) is 1. The van der Waals surface area contributed by atoms with E-state index in [4.69, 9.17) is 10.00 Å². The Bertz CT molecular complexity index is 877. The van der Waals surface area contributed by atoms with Crippen molar-refractivity contribution in [1.29, 1.82) is 5.26 Å². The third kappa shape index (κ3) is 7.67.